The van der Waals surface area contributed by atoms with Crippen molar-refractivity contribution in [3.63, 3.8) is 0 Å². The van der Waals surface area contributed by atoms with Crippen LogP contribution in [0, 0.1) is 17.8 Å². The zero-order valence-electron chi connectivity index (χ0n) is 11.3. The molecule has 95 valence electrons. The normalized spacial score (nSPS) is 32.4. The number of rotatable bonds is 5. The van der Waals surface area contributed by atoms with E-state index >= 15 is 0 Å². The molecule has 0 N–H and O–H groups in total. The van der Waals surface area contributed by atoms with Crippen LogP contribution >= 0.6 is 0 Å². The van der Waals surface area contributed by atoms with Gasteiger partial charge in [0.15, 0.2) is 5.79 Å². The summed E-state index contributed by atoms with van der Waals surface area (Å²) in [6, 6.07) is 0. The Kier molecular flexibility index (Phi) is 3.54. The van der Waals surface area contributed by atoms with Crippen LogP contribution in [0.4, 0.5) is 0 Å². The Labute approximate surface area is 108 Å². The molecule has 0 amide bonds. The summed E-state index contributed by atoms with van der Waals surface area (Å²) in [5.41, 5.74) is 0. The molecule has 0 aliphatic heterocycles. The van der Waals surface area contributed by atoms with Crippen molar-refractivity contribution in [1.82, 2.24) is 0 Å². The molecule has 3 heteroatoms. The molecule has 1 saturated carbocycles. The van der Waals surface area contributed by atoms with E-state index in [4.69, 9.17) is 9.47 Å². The van der Waals surface area contributed by atoms with Crippen LogP contribution in [0.15, 0.2) is 12.2 Å². The van der Waals surface area contributed by atoms with Crippen LogP contribution in [-0.2, 0) is 9.47 Å². The fourth-order valence-electron chi connectivity index (χ4n) is 3.49. The first-order chi connectivity index (χ1) is 7.92. The highest BCUT2D eigenvalue weighted by molar-refractivity contribution is 6.15. The Morgan fingerprint density at radius 2 is 1.82 bits per heavy atom. The van der Waals surface area contributed by atoms with Crippen LogP contribution in [0.2, 0.25) is 5.04 Å². The van der Waals surface area contributed by atoms with Gasteiger partial charge < -0.3 is 9.47 Å². The van der Waals surface area contributed by atoms with Crippen molar-refractivity contribution in [1.29, 1.82) is 0 Å². The first kappa shape index (κ1) is 13.3. The number of hydrogen-bond acceptors (Lipinski definition) is 2. The van der Waals surface area contributed by atoms with Gasteiger partial charge in [0, 0.05) is 35.9 Å². The number of fused-ring (bicyclic) bond motifs is 2. The van der Waals surface area contributed by atoms with Crippen molar-refractivity contribution < 1.29 is 9.47 Å². The minimum absolute atomic E-state index is 0.192. The van der Waals surface area contributed by atoms with E-state index < -0.39 is 5.79 Å². The van der Waals surface area contributed by atoms with E-state index in [0.29, 0.717) is 5.92 Å². The molecule has 0 aromatic carbocycles. The van der Waals surface area contributed by atoms with Gasteiger partial charge in [-0.2, -0.15) is 0 Å². The molecule has 2 nitrogen and oxygen atoms in total. The first-order valence-electron chi connectivity index (χ1n) is 6.45. The van der Waals surface area contributed by atoms with Crippen molar-refractivity contribution in [2.75, 3.05) is 14.2 Å². The van der Waals surface area contributed by atoms with E-state index in [1.807, 2.05) is 0 Å². The largest absolute Gasteiger partial charge is 0.353 e. The van der Waals surface area contributed by atoms with Crippen molar-refractivity contribution >= 4 is 10.2 Å². The van der Waals surface area contributed by atoms with Crippen molar-refractivity contribution in [3.8, 4) is 0 Å². The molecule has 3 unspecified atom stereocenters. The second-order valence-corrected chi connectivity index (χ2v) is 7.28. The highest BCUT2D eigenvalue weighted by Crippen LogP contribution is 2.51. The fourth-order valence-corrected chi connectivity index (χ4v) is 3.80. The lowest BCUT2D eigenvalue weighted by atomic mass is 9.83. The fraction of sp³-hybridized carbons (Fsp3) is 0.857. The predicted octanol–water partition coefficient (Wildman–Crippen LogP) is 2.94. The zero-order chi connectivity index (χ0) is 12.7. The molecular formula is C14H23O2Si. The van der Waals surface area contributed by atoms with Gasteiger partial charge in [0.1, 0.15) is 0 Å². The van der Waals surface area contributed by atoms with Crippen molar-refractivity contribution in [3.05, 3.63) is 12.2 Å². The Balaban J connectivity index is 2.11. The molecule has 2 rings (SSSR count). The maximum absolute atomic E-state index is 5.73. The van der Waals surface area contributed by atoms with E-state index in [0.717, 1.165) is 18.3 Å². The van der Waals surface area contributed by atoms with Crippen LogP contribution in [0.1, 0.15) is 33.1 Å². The summed E-state index contributed by atoms with van der Waals surface area (Å²) in [5, 5.41) is -0.192. The summed E-state index contributed by atoms with van der Waals surface area (Å²) in [6.07, 6.45) is 8.34. The average Bonchev–Trinajstić information content (AvgIpc) is 2.85. The molecule has 3 atom stereocenters. The van der Waals surface area contributed by atoms with Crippen molar-refractivity contribution in [2.45, 2.75) is 43.9 Å². The topological polar surface area (TPSA) is 18.5 Å². The van der Waals surface area contributed by atoms with E-state index in [2.05, 4.69) is 36.2 Å². The maximum atomic E-state index is 5.73. The van der Waals surface area contributed by atoms with Gasteiger partial charge in [0.2, 0.25) is 0 Å². The lowest BCUT2D eigenvalue weighted by molar-refractivity contribution is -0.238. The average molecular weight is 251 g/mol. The third-order valence-electron chi connectivity index (χ3n) is 4.56. The molecule has 0 saturated heterocycles. The summed E-state index contributed by atoms with van der Waals surface area (Å²) in [7, 11) is 7.26. The summed E-state index contributed by atoms with van der Waals surface area (Å²) >= 11 is 0. The lowest BCUT2D eigenvalue weighted by Crippen LogP contribution is -2.46. The Bertz CT molecular complexity index is 302. The van der Waals surface area contributed by atoms with Gasteiger partial charge in [-0.15, -0.1) is 0 Å². The predicted molar refractivity (Wildman–Crippen MR) is 70.0 cm³/mol. The van der Waals surface area contributed by atoms with Gasteiger partial charge in [-0.05, 0) is 30.6 Å². The molecule has 2 aliphatic carbocycles. The molecule has 0 aromatic rings. The van der Waals surface area contributed by atoms with E-state index in [1.165, 1.54) is 12.8 Å². The number of methoxy groups -OCH3 is 2. The second kappa shape index (κ2) is 4.52. The summed E-state index contributed by atoms with van der Waals surface area (Å²) < 4.78 is 11.5. The van der Waals surface area contributed by atoms with Crippen LogP contribution in [0.3, 0.4) is 0 Å². The Hall–Kier alpha value is -0.123. The van der Waals surface area contributed by atoms with Crippen molar-refractivity contribution in [2.24, 2.45) is 17.8 Å². The number of allylic oxidation sites excluding steroid dienone is 2. The SMILES string of the molecule is COC(CC1CC2C=CC1C2)(OC)C(C)(C)[Si]. The molecule has 3 radical (unpaired) electrons. The molecular weight excluding hydrogens is 228 g/mol. The Morgan fingerprint density at radius 1 is 1.18 bits per heavy atom. The summed E-state index contributed by atoms with van der Waals surface area (Å²) in [5.74, 6) is 1.70. The van der Waals surface area contributed by atoms with Crippen LogP contribution in [0.5, 0.6) is 0 Å². The molecule has 0 heterocycles. The maximum Gasteiger partial charge on any atom is 0.169 e. The minimum Gasteiger partial charge on any atom is -0.353 e. The lowest BCUT2D eigenvalue weighted by Gasteiger charge is -2.44. The van der Waals surface area contributed by atoms with Gasteiger partial charge >= 0.3 is 0 Å². The summed E-state index contributed by atoms with van der Waals surface area (Å²) in [6.45, 7) is 4.22. The molecule has 2 bridgehead atoms. The third kappa shape index (κ3) is 2.25. The summed E-state index contributed by atoms with van der Waals surface area (Å²) in [4.78, 5) is 0. The third-order valence-corrected chi connectivity index (χ3v) is 4.94. The van der Waals surface area contributed by atoms with E-state index in [9.17, 15) is 0 Å². The van der Waals surface area contributed by atoms with Crippen LogP contribution < -0.4 is 0 Å². The quantitative estimate of drug-likeness (QED) is 0.425. The minimum atomic E-state index is -0.535. The monoisotopic (exact) mass is 251 g/mol. The Morgan fingerprint density at radius 3 is 2.18 bits per heavy atom. The zero-order valence-corrected chi connectivity index (χ0v) is 12.3. The molecule has 0 aromatic heterocycles. The first-order valence-corrected chi connectivity index (χ1v) is 6.95. The van der Waals surface area contributed by atoms with Gasteiger partial charge in [-0.3, -0.25) is 0 Å². The molecule has 17 heavy (non-hydrogen) atoms. The van der Waals surface area contributed by atoms with Gasteiger partial charge in [0.25, 0.3) is 0 Å². The van der Waals surface area contributed by atoms with E-state index in [-0.39, 0.29) is 5.04 Å². The van der Waals surface area contributed by atoms with Gasteiger partial charge in [0.05, 0.1) is 0 Å². The number of hydrogen-bond donors (Lipinski definition) is 0. The standard InChI is InChI=1S/C14H23O2Si/c1-13(2,17)14(15-3,16-4)9-12-8-10-5-6-11(12)7-10/h5-6,10-12H,7-9H2,1-4H3. The molecule has 2 aliphatic rings. The van der Waals surface area contributed by atoms with Crippen LogP contribution in [-0.4, -0.2) is 30.2 Å². The number of ether oxygens (including phenoxy) is 2. The van der Waals surface area contributed by atoms with Crippen LogP contribution in [0.25, 0.3) is 0 Å². The highest BCUT2D eigenvalue weighted by atomic mass is 28.1. The van der Waals surface area contributed by atoms with Gasteiger partial charge in [-0.25, -0.2) is 0 Å². The second-order valence-electron chi connectivity index (χ2n) is 6.03. The molecule has 1 fully saturated rings. The van der Waals surface area contributed by atoms with E-state index in [1.54, 1.807) is 14.2 Å². The van der Waals surface area contributed by atoms with Gasteiger partial charge in [-0.1, -0.05) is 26.0 Å². The molecule has 0 spiro atoms. The highest BCUT2D eigenvalue weighted by Gasteiger charge is 2.48. The smallest absolute Gasteiger partial charge is 0.169 e.